The summed E-state index contributed by atoms with van der Waals surface area (Å²) in [5, 5.41) is 6.17. The molecule has 2 aromatic rings. The quantitative estimate of drug-likeness (QED) is 0.493. The molecule has 5 nitrogen and oxygen atoms in total. The SMILES string of the molecule is Cc1nc(CSc2ccc(C(=O)OC(C)C(=O)NC3CCCCC3C)cc2)cs1. The summed E-state index contributed by atoms with van der Waals surface area (Å²) in [6.07, 6.45) is 3.67. The van der Waals surface area contributed by atoms with E-state index in [0.717, 1.165) is 40.6 Å². The summed E-state index contributed by atoms with van der Waals surface area (Å²) < 4.78 is 5.38. The molecule has 0 bridgehead atoms. The van der Waals surface area contributed by atoms with Crippen LogP contribution in [-0.4, -0.2) is 29.0 Å². The molecule has 29 heavy (non-hydrogen) atoms. The lowest BCUT2D eigenvalue weighted by Gasteiger charge is -2.30. The lowest BCUT2D eigenvalue weighted by atomic mass is 9.86. The van der Waals surface area contributed by atoms with Gasteiger partial charge in [-0.2, -0.15) is 0 Å². The van der Waals surface area contributed by atoms with Gasteiger partial charge in [-0.3, -0.25) is 4.79 Å². The summed E-state index contributed by atoms with van der Waals surface area (Å²) in [7, 11) is 0. The van der Waals surface area contributed by atoms with Gasteiger partial charge in [-0.25, -0.2) is 9.78 Å². The topological polar surface area (TPSA) is 68.3 Å². The highest BCUT2D eigenvalue weighted by Crippen LogP contribution is 2.25. The van der Waals surface area contributed by atoms with Gasteiger partial charge in [-0.15, -0.1) is 23.1 Å². The van der Waals surface area contributed by atoms with E-state index in [2.05, 4.69) is 22.6 Å². The molecule has 1 aromatic heterocycles. The number of esters is 1. The van der Waals surface area contributed by atoms with Gasteiger partial charge in [0.2, 0.25) is 0 Å². The van der Waals surface area contributed by atoms with Gasteiger partial charge in [-0.05, 0) is 56.9 Å². The number of hydrogen-bond donors (Lipinski definition) is 1. The molecule has 0 saturated heterocycles. The molecule has 1 amide bonds. The summed E-state index contributed by atoms with van der Waals surface area (Å²) in [5.74, 6) is 0.568. The van der Waals surface area contributed by atoms with Gasteiger partial charge in [0, 0.05) is 22.1 Å². The highest BCUT2D eigenvalue weighted by molar-refractivity contribution is 7.98. The first-order valence-electron chi connectivity index (χ1n) is 10.1. The first-order valence-corrected chi connectivity index (χ1v) is 11.9. The normalized spacial score (nSPS) is 20.1. The molecular weight excluding hydrogens is 404 g/mol. The molecule has 0 radical (unpaired) electrons. The van der Waals surface area contributed by atoms with Crippen molar-refractivity contribution >= 4 is 35.0 Å². The summed E-state index contributed by atoms with van der Waals surface area (Å²) in [6.45, 7) is 5.78. The fourth-order valence-corrected chi connectivity index (χ4v) is 4.94. The van der Waals surface area contributed by atoms with Crippen molar-refractivity contribution in [2.45, 2.75) is 69.2 Å². The molecule has 7 heteroatoms. The predicted octanol–water partition coefficient (Wildman–Crippen LogP) is 4.98. The Bertz CT molecular complexity index is 835. The molecule has 1 N–H and O–H groups in total. The zero-order valence-corrected chi connectivity index (χ0v) is 18.8. The molecule has 0 aliphatic heterocycles. The average molecular weight is 433 g/mol. The van der Waals surface area contributed by atoms with Gasteiger partial charge in [0.1, 0.15) is 0 Å². The smallest absolute Gasteiger partial charge is 0.338 e. The molecule has 0 spiro atoms. The number of ether oxygens (including phenoxy) is 1. The van der Waals surface area contributed by atoms with Crippen molar-refractivity contribution in [1.29, 1.82) is 0 Å². The lowest BCUT2D eigenvalue weighted by Crippen LogP contribution is -2.45. The number of thioether (sulfide) groups is 1. The van der Waals surface area contributed by atoms with Gasteiger partial charge >= 0.3 is 5.97 Å². The van der Waals surface area contributed by atoms with Gasteiger partial charge in [0.15, 0.2) is 6.10 Å². The van der Waals surface area contributed by atoms with Crippen LogP contribution in [0.2, 0.25) is 0 Å². The second-order valence-electron chi connectivity index (χ2n) is 7.60. The molecule has 1 fully saturated rings. The highest BCUT2D eigenvalue weighted by Gasteiger charge is 2.26. The maximum absolute atomic E-state index is 12.4. The van der Waals surface area contributed by atoms with Crippen molar-refractivity contribution < 1.29 is 14.3 Å². The van der Waals surface area contributed by atoms with Crippen LogP contribution in [0.5, 0.6) is 0 Å². The number of rotatable bonds is 7. The van der Waals surface area contributed by atoms with Crippen LogP contribution in [0, 0.1) is 12.8 Å². The maximum Gasteiger partial charge on any atom is 0.338 e. The number of thiazole rings is 1. The molecular formula is C22H28N2O3S2. The molecule has 1 aliphatic carbocycles. The third-order valence-electron chi connectivity index (χ3n) is 5.24. The third-order valence-corrected chi connectivity index (χ3v) is 7.10. The van der Waals surface area contributed by atoms with E-state index in [1.807, 2.05) is 19.1 Å². The van der Waals surface area contributed by atoms with Crippen molar-refractivity contribution in [3.8, 4) is 0 Å². The van der Waals surface area contributed by atoms with Crippen LogP contribution in [-0.2, 0) is 15.3 Å². The van der Waals surface area contributed by atoms with Gasteiger partial charge in [0.25, 0.3) is 5.91 Å². The Morgan fingerprint density at radius 2 is 2.00 bits per heavy atom. The zero-order chi connectivity index (χ0) is 20.8. The fraction of sp³-hybridized carbons (Fsp3) is 0.500. The van der Waals surface area contributed by atoms with E-state index in [0.29, 0.717) is 11.5 Å². The van der Waals surface area contributed by atoms with E-state index in [9.17, 15) is 9.59 Å². The van der Waals surface area contributed by atoms with Crippen molar-refractivity contribution in [2.75, 3.05) is 0 Å². The minimum atomic E-state index is -0.807. The molecule has 3 atom stereocenters. The number of carbonyl (C=O) groups excluding carboxylic acids is 2. The van der Waals surface area contributed by atoms with Crippen LogP contribution in [0.3, 0.4) is 0 Å². The molecule has 3 unspecified atom stereocenters. The van der Waals surface area contributed by atoms with Crippen LogP contribution in [0.1, 0.15) is 60.6 Å². The van der Waals surface area contributed by atoms with Gasteiger partial charge < -0.3 is 10.1 Å². The number of nitrogens with zero attached hydrogens (tertiary/aromatic N) is 1. The number of amides is 1. The van der Waals surface area contributed by atoms with Crippen LogP contribution >= 0.6 is 23.1 Å². The van der Waals surface area contributed by atoms with Crippen molar-refractivity contribution in [3.05, 3.63) is 45.9 Å². The van der Waals surface area contributed by atoms with Crippen molar-refractivity contribution in [1.82, 2.24) is 10.3 Å². The zero-order valence-electron chi connectivity index (χ0n) is 17.1. The number of aromatic nitrogens is 1. The van der Waals surface area contributed by atoms with E-state index in [4.69, 9.17) is 4.74 Å². The van der Waals surface area contributed by atoms with Crippen LogP contribution in [0.4, 0.5) is 0 Å². The highest BCUT2D eigenvalue weighted by atomic mass is 32.2. The predicted molar refractivity (Wildman–Crippen MR) is 117 cm³/mol. The van der Waals surface area contributed by atoms with Crippen LogP contribution < -0.4 is 5.32 Å². The number of aryl methyl sites for hydroxylation is 1. The van der Waals surface area contributed by atoms with Crippen LogP contribution in [0.25, 0.3) is 0 Å². The monoisotopic (exact) mass is 432 g/mol. The summed E-state index contributed by atoms with van der Waals surface area (Å²) in [6, 6.07) is 7.45. The summed E-state index contributed by atoms with van der Waals surface area (Å²) in [5.41, 5.74) is 1.51. The standard InChI is InChI=1S/C22H28N2O3S2/c1-14-6-4-5-7-20(14)24-21(25)15(2)27-22(26)17-8-10-19(11-9-17)29-13-18-12-28-16(3)23-18/h8-12,14-15,20H,4-7,13H2,1-3H3,(H,24,25). The second kappa shape index (κ2) is 10.3. The van der Waals surface area contributed by atoms with E-state index >= 15 is 0 Å². The molecule has 1 aliphatic rings. The first-order chi connectivity index (χ1) is 13.9. The van der Waals surface area contributed by atoms with E-state index in [1.165, 1.54) is 6.42 Å². The minimum absolute atomic E-state index is 0.176. The minimum Gasteiger partial charge on any atom is -0.449 e. The largest absolute Gasteiger partial charge is 0.449 e. The average Bonchev–Trinajstić information content (AvgIpc) is 3.13. The number of nitrogens with one attached hydrogen (secondary N) is 1. The third kappa shape index (κ3) is 6.31. The Morgan fingerprint density at radius 1 is 1.28 bits per heavy atom. The Labute approximate surface area is 180 Å². The molecule has 1 aromatic carbocycles. The Morgan fingerprint density at radius 3 is 2.66 bits per heavy atom. The Hall–Kier alpha value is -1.86. The second-order valence-corrected chi connectivity index (χ2v) is 9.71. The lowest BCUT2D eigenvalue weighted by molar-refractivity contribution is -0.130. The van der Waals surface area contributed by atoms with E-state index < -0.39 is 12.1 Å². The van der Waals surface area contributed by atoms with Crippen molar-refractivity contribution in [3.63, 3.8) is 0 Å². The fourth-order valence-electron chi connectivity index (χ4n) is 3.43. The summed E-state index contributed by atoms with van der Waals surface area (Å²) >= 11 is 3.32. The van der Waals surface area contributed by atoms with E-state index in [1.54, 1.807) is 42.2 Å². The Kier molecular flexibility index (Phi) is 7.72. The Balaban J connectivity index is 1.48. The maximum atomic E-state index is 12.4. The van der Waals surface area contributed by atoms with Crippen molar-refractivity contribution in [2.24, 2.45) is 5.92 Å². The van der Waals surface area contributed by atoms with Gasteiger partial charge in [0.05, 0.1) is 16.3 Å². The van der Waals surface area contributed by atoms with Crippen LogP contribution in [0.15, 0.2) is 34.5 Å². The molecule has 156 valence electrons. The van der Waals surface area contributed by atoms with E-state index in [-0.39, 0.29) is 11.9 Å². The number of hydrogen-bond acceptors (Lipinski definition) is 6. The molecule has 1 saturated carbocycles. The first kappa shape index (κ1) is 21.8. The number of benzene rings is 1. The van der Waals surface area contributed by atoms with Gasteiger partial charge in [-0.1, -0.05) is 19.8 Å². The molecule has 1 heterocycles. The molecule has 3 rings (SSSR count). The summed E-state index contributed by atoms with van der Waals surface area (Å²) in [4.78, 5) is 30.3. The number of carbonyl (C=O) groups is 2.